The molecule has 3 rings (SSSR count). The lowest BCUT2D eigenvalue weighted by Gasteiger charge is -2.13. The van der Waals surface area contributed by atoms with E-state index in [1.54, 1.807) is 12.4 Å². The Morgan fingerprint density at radius 1 is 1.06 bits per heavy atom. The number of fused-ring (bicyclic) bond motifs is 1. The highest BCUT2D eigenvalue weighted by molar-refractivity contribution is 5.40. The molecule has 1 atom stereocenters. The first-order chi connectivity index (χ1) is 7.93. The van der Waals surface area contributed by atoms with Crippen molar-refractivity contribution in [1.82, 2.24) is 9.97 Å². The van der Waals surface area contributed by atoms with Crippen molar-refractivity contribution < 1.29 is 0 Å². The zero-order valence-electron chi connectivity index (χ0n) is 8.93. The van der Waals surface area contributed by atoms with E-state index in [2.05, 4.69) is 39.6 Å². The molecule has 0 radical (unpaired) electrons. The average Bonchev–Trinajstić information content (AvgIpc) is 2.74. The maximum atomic E-state index is 4.19. The molecule has 3 heteroatoms. The summed E-state index contributed by atoms with van der Waals surface area (Å²) in [6, 6.07) is 10.8. The fraction of sp³-hybridized carbons (Fsp3) is 0.231. The molecule has 1 N–H and O–H groups in total. The minimum Gasteiger partial charge on any atom is -0.347 e. The van der Waals surface area contributed by atoms with Crippen LogP contribution in [0.4, 0.5) is 5.95 Å². The normalized spacial score (nSPS) is 18.1. The third-order valence-corrected chi connectivity index (χ3v) is 3.00. The molecule has 0 saturated carbocycles. The summed E-state index contributed by atoms with van der Waals surface area (Å²) in [7, 11) is 0. The molecule has 0 bridgehead atoms. The van der Waals surface area contributed by atoms with Gasteiger partial charge in [-0.2, -0.15) is 0 Å². The molecule has 0 amide bonds. The number of anilines is 1. The van der Waals surface area contributed by atoms with Crippen molar-refractivity contribution in [2.45, 2.75) is 18.9 Å². The van der Waals surface area contributed by atoms with Crippen LogP contribution in [0.3, 0.4) is 0 Å². The molecule has 80 valence electrons. The number of aryl methyl sites for hydroxylation is 1. The lowest BCUT2D eigenvalue weighted by atomic mass is 10.1. The van der Waals surface area contributed by atoms with Gasteiger partial charge in [0.1, 0.15) is 0 Å². The minimum atomic E-state index is 0.360. The number of benzene rings is 1. The fourth-order valence-corrected chi connectivity index (χ4v) is 2.24. The van der Waals surface area contributed by atoms with Crippen molar-refractivity contribution in [3.8, 4) is 0 Å². The summed E-state index contributed by atoms with van der Waals surface area (Å²) in [6.07, 6.45) is 5.78. The molecule has 1 aromatic carbocycles. The van der Waals surface area contributed by atoms with Crippen molar-refractivity contribution in [2.75, 3.05) is 5.32 Å². The van der Waals surface area contributed by atoms with Gasteiger partial charge in [-0.15, -0.1) is 0 Å². The van der Waals surface area contributed by atoms with Gasteiger partial charge in [0, 0.05) is 12.4 Å². The average molecular weight is 211 g/mol. The SMILES string of the molecule is c1cnc(N[C@H]2CCc3ccccc32)nc1. The van der Waals surface area contributed by atoms with Gasteiger partial charge in [0.25, 0.3) is 0 Å². The molecule has 1 heterocycles. The van der Waals surface area contributed by atoms with Gasteiger partial charge >= 0.3 is 0 Å². The quantitative estimate of drug-likeness (QED) is 0.829. The smallest absolute Gasteiger partial charge is 0.223 e. The number of aromatic nitrogens is 2. The maximum Gasteiger partial charge on any atom is 0.223 e. The number of hydrogen-bond acceptors (Lipinski definition) is 3. The van der Waals surface area contributed by atoms with E-state index in [-0.39, 0.29) is 0 Å². The van der Waals surface area contributed by atoms with E-state index in [0.717, 1.165) is 12.8 Å². The molecule has 1 aliphatic rings. The number of rotatable bonds is 2. The van der Waals surface area contributed by atoms with Gasteiger partial charge in [-0.3, -0.25) is 0 Å². The first kappa shape index (κ1) is 9.33. The predicted molar refractivity (Wildman–Crippen MR) is 63.2 cm³/mol. The molecule has 1 aromatic heterocycles. The Morgan fingerprint density at radius 2 is 1.88 bits per heavy atom. The molecule has 0 aliphatic heterocycles. The second kappa shape index (κ2) is 3.93. The van der Waals surface area contributed by atoms with E-state index in [1.165, 1.54) is 11.1 Å². The third kappa shape index (κ3) is 1.65. The van der Waals surface area contributed by atoms with Crippen LogP contribution in [0.5, 0.6) is 0 Å². The largest absolute Gasteiger partial charge is 0.347 e. The maximum absolute atomic E-state index is 4.19. The summed E-state index contributed by atoms with van der Waals surface area (Å²) in [4.78, 5) is 8.39. The zero-order chi connectivity index (χ0) is 10.8. The second-order valence-electron chi connectivity index (χ2n) is 4.01. The highest BCUT2D eigenvalue weighted by atomic mass is 15.1. The molecular formula is C13H13N3. The van der Waals surface area contributed by atoms with Crippen molar-refractivity contribution >= 4 is 5.95 Å². The molecule has 0 unspecified atom stereocenters. The molecule has 1 aliphatic carbocycles. The van der Waals surface area contributed by atoms with E-state index in [4.69, 9.17) is 0 Å². The van der Waals surface area contributed by atoms with Crippen LogP contribution < -0.4 is 5.32 Å². The third-order valence-electron chi connectivity index (χ3n) is 3.00. The van der Waals surface area contributed by atoms with Gasteiger partial charge in [-0.05, 0) is 30.0 Å². The Balaban J connectivity index is 1.84. The van der Waals surface area contributed by atoms with Crippen molar-refractivity contribution in [2.24, 2.45) is 0 Å². The Labute approximate surface area is 94.6 Å². The summed E-state index contributed by atoms with van der Waals surface area (Å²) in [5.41, 5.74) is 2.82. The fourth-order valence-electron chi connectivity index (χ4n) is 2.24. The van der Waals surface area contributed by atoms with Crippen LogP contribution in [-0.2, 0) is 6.42 Å². The van der Waals surface area contributed by atoms with E-state index < -0.39 is 0 Å². The summed E-state index contributed by atoms with van der Waals surface area (Å²) in [5.74, 6) is 0.712. The van der Waals surface area contributed by atoms with Crippen LogP contribution in [0.25, 0.3) is 0 Å². The van der Waals surface area contributed by atoms with Gasteiger partial charge in [-0.25, -0.2) is 9.97 Å². The van der Waals surface area contributed by atoms with Crippen molar-refractivity contribution in [3.63, 3.8) is 0 Å². The lowest BCUT2D eigenvalue weighted by Crippen LogP contribution is -2.09. The Bertz CT molecular complexity index is 482. The molecule has 16 heavy (non-hydrogen) atoms. The highest BCUT2D eigenvalue weighted by Crippen LogP contribution is 2.32. The standard InChI is InChI=1S/C13H13N3/c1-2-5-11-10(4-1)6-7-12(11)16-13-14-8-3-9-15-13/h1-5,8-9,12H,6-7H2,(H,14,15,16)/t12-/m0/s1. The van der Waals surface area contributed by atoms with Crippen LogP contribution in [-0.4, -0.2) is 9.97 Å². The highest BCUT2D eigenvalue weighted by Gasteiger charge is 2.21. The number of nitrogens with zero attached hydrogens (tertiary/aromatic N) is 2. The molecule has 2 aromatic rings. The Kier molecular flexibility index (Phi) is 2.29. The van der Waals surface area contributed by atoms with Crippen LogP contribution in [0.2, 0.25) is 0 Å². The van der Waals surface area contributed by atoms with Gasteiger partial charge in [0.15, 0.2) is 0 Å². The van der Waals surface area contributed by atoms with Crippen LogP contribution >= 0.6 is 0 Å². The summed E-state index contributed by atoms with van der Waals surface area (Å²) < 4.78 is 0. The number of hydrogen-bond donors (Lipinski definition) is 1. The number of nitrogens with one attached hydrogen (secondary N) is 1. The summed E-state index contributed by atoms with van der Waals surface area (Å²) in [6.45, 7) is 0. The van der Waals surface area contributed by atoms with E-state index >= 15 is 0 Å². The predicted octanol–water partition coefficient (Wildman–Crippen LogP) is 2.58. The first-order valence-electron chi connectivity index (χ1n) is 5.55. The second-order valence-corrected chi connectivity index (χ2v) is 4.01. The van der Waals surface area contributed by atoms with Gasteiger partial charge in [0.2, 0.25) is 5.95 Å². The zero-order valence-corrected chi connectivity index (χ0v) is 8.93. The van der Waals surface area contributed by atoms with Gasteiger partial charge < -0.3 is 5.32 Å². The molecular weight excluding hydrogens is 198 g/mol. The Morgan fingerprint density at radius 3 is 2.75 bits per heavy atom. The Hall–Kier alpha value is -1.90. The molecule has 0 saturated heterocycles. The van der Waals surface area contributed by atoms with Gasteiger partial charge in [-0.1, -0.05) is 24.3 Å². The minimum absolute atomic E-state index is 0.360. The van der Waals surface area contributed by atoms with Gasteiger partial charge in [0.05, 0.1) is 6.04 Å². The molecule has 3 nitrogen and oxygen atoms in total. The monoisotopic (exact) mass is 211 g/mol. The first-order valence-corrected chi connectivity index (χ1v) is 5.55. The van der Waals surface area contributed by atoms with Crippen LogP contribution in [0, 0.1) is 0 Å². The van der Waals surface area contributed by atoms with E-state index in [9.17, 15) is 0 Å². The summed E-state index contributed by atoms with van der Waals surface area (Å²) >= 11 is 0. The van der Waals surface area contributed by atoms with Crippen molar-refractivity contribution in [1.29, 1.82) is 0 Å². The van der Waals surface area contributed by atoms with Crippen LogP contribution in [0.15, 0.2) is 42.7 Å². The van der Waals surface area contributed by atoms with E-state index in [1.807, 2.05) is 6.07 Å². The molecule has 0 fully saturated rings. The van der Waals surface area contributed by atoms with Crippen molar-refractivity contribution in [3.05, 3.63) is 53.9 Å². The molecule has 0 spiro atoms. The topological polar surface area (TPSA) is 37.8 Å². The van der Waals surface area contributed by atoms with E-state index in [0.29, 0.717) is 12.0 Å². The summed E-state index contributed by atoms with van der Waals surface area (Å²) in [5, 5.41) is 3.37. The lowest BCUT2D eigenvalue weighted by molar-refractivity contribution is 0.751. The van der Waals surface area contributed by atoms with Crippen LogP contribution in [0.1, 0.15) is 23.6 Å².